The van der Waals surface area contributed by atoms with Crippen molar-refractivity contribution in [1.29, 1.82) is 0 Å². The lowest BCUT2D eigenvalue weighted by Crippen LogP contribution is -2.27. The maximum atomic E-state index is 12.6. The van der Waals surface area contributed by atoms with Gasteiger partial charge >= 0.3 is 13.9 Å². The van der Waals surface area contributed by atoms with Gasteiger partial charge in [0.1, 0.15) is 0 Å². The zero-order valence-electron chi connectivity index (χ0n) is 10.8. The second kappa shape index (κ2) is 5.70. The molecule has 1 aromatic rings. The minimum Gasteiger partial charge on any atom is -0.620 e. The fourth-order valence-electron chi connectivity index (χ4n) is 1.73. The van der Waals surface area contributed by atoms with E-state index in [1.54, 1.807) is 38.1 Å². The van der Waals surface area contributed by atoms with E-state index in [1.807, 2.05) is 0 Å². The van der Waals surface area contributed by atoms with Gasteiger partial charge in [-0.15, -0.1) is 0 Å². The van der Waals surface area contributed by atoms with Crippen LogP contribution in [0.2, 0.25) is 0 Å². The standard InChI is InChI=1S/C13H15O5P/c1-3-16-13(14)12-9-10-7-5-6-8-11(10)18-19(12,15)17-4-2/h5-9H,3-4H2,1-2H3. The molecule has 1 heterocycles. The lowest BCUT2D eigenvalue weighted by molar-refractivity contribution is -0.208. The summed E-state index contributed by atoms with van der Waals surface area (Å²) in [6, 6.07) is 7.01. The summed E-state index contributed by atoms with van der Waals surface area (Å²) < 4.78 is 15.5. The average molecular weight is 282 g/mol. The molecular formula is C13H15O5P. The van der Waals surface area contributed by atoms with Gasteiger partial charge in [-0.1, -0.05) is 18.2 Å². The summed E-state index contributed by atoms with van der Waals surface area (Å²) in [5.74, 6) is -0.235. The number of ether oxygens (including phenoxy) is 1. The summed E-state index contributed by atoms with van der Waals surface area (Å²) >= 11 is 0. The Bertz CT molecular complexity index is 514. The van der Waals surface area contributed by atoms with Crippen LogP contribution in [0.3, 0.4) is 0 Å². The second-order valence-electron chi connectivity index (χ2n) is 3.79. The molecule has 0 bridgehead atoms. The summed E-state index contributed by atoms with van der Waals surface area (Å²) in [4.78, 5) is 24.5. The van der Waals surface area contributed by atoms with Crippen LogP contribution in [-0.2, 0) is 14.1 Å². The number of hydrogen-bond donors (Lipinski definition) is 0. The molecule has 1 atom stereocenters. The minimum absolute atomic E-state index is 0.0603. The molecular weight excluding hydrogens is 267 g/mol. The van der Waals surface area contributed by atoms with Crippen molar-refractivity contribution < 1.29 is 23.5 Å². The number of rotatable bonds is 4. The molecule has 0 spiro atoms. The van der Waals surface area contributed by atoms with Gasteiger partial charge in [-0.05, 0) is 19.9 Å². The Kier molecular flexibility index (Phi) is 4.20. The van der Waals surface area contributed by atoms with E-state index >= 15 is 0 Å². The van der Waals surface area contributed by atoms with Crippen molar-refractivity contribution in [2.24, 2.45) is 0 Å². The topological polar surface area (TPSA) is 67.8 Å². The predicted molar refractivity (Wildman–Crippen MR) is 70.2 cm³/mol. The summed E-state index contributed by atoms with van der Waals surface area (Å²) in [5.41, 5.74) is 0.678. The van der Waals surface area contributed by atoms with Crippen LogP contribution < -0.4 is 9.42 Å². The van der Waals surface area contributed by atoms with Crippen molar-refractivity contribution >= 4 is 20.0 Å². The van der Waals surface area contributed by atoms with E-state index in [0.29, 0.717) is 11.3 Å². The summed E-state index contributed by atoms with van der Waals surface area (Å²) in [7, 11) is -3.66. The van der Waals surface area contributed by atoms with Gasteiger partial charge in [0, 0.05) is 11.6 Å². The zero-order valence-corrected chi connectivity index (χ0v) is 11.7. The Morgan fingerprint density at radius 2 is 2.05 bits per heavy atom. The zero-order chi connectivity index (χ0) is 13.9. The van der Waals surface area contributed by atoms with Gasteiger partial charge < -0.3 is 14.2 Å². The SMILES string of the molecule is CCOC(=O)C1=Cc2ccccc2O[P+]1([O-])OCC. The molecule has 0 aliphatic carbocycles. The van der Waals surface area contributed by atoms with E-state index in [9.17, 15) is 9.69 Å². The smallest absolute Gasteiger partial charge is 0.379 e. The van der Waals surface area contributed by atoms with Gasteiger partial charge in [-0.3, -0.25) is 0 Å². The van der Waals surface area contributed by atoms with E-state index in [0.717, 1.165) is 0 Å². The number of hydrogen-bond acceptors (Lipinski definition) is 5. The number of carbonyl (C=O) groups is 1. The molecule has 0 amide bonds. The van der Waals surface area contributed by atoms with E-state index in [2.05, 4.69) is 0 Å². The van der Waals surface area contributed by atoms with Crippen molar-refractivity contribution in [1.82, 2.24) is 0 Å². The van der Waals surface area contributed by atoms with E-state index in [4.69, 9.17) is 13.8 Å². The molecule has 1 aromatic carbocycles. The third-order valence-corrected chi connectivity index (χ3v) is 4.45. The maximum absolute atomic E-state index is 12.6. The molecule has 1 aliphatic rings. The first-order valence-electron chi connectivity index (χ1n) is 6.03. The largest absolute Gasteiger partial charge is 0.620 e. The molecule has 0 saturated carbocycles. The van der Waals surface area contributed by atoms with Gasteiger partial charge in [0.25, 0.3) is 0 Å². The number of para-hydroxylation sites is 1. The third kappa shape index (κ3) is 2.78. The Morgan fingerprint density at radius 3 is 2.74 bits per heavy atom. The average Bonchev–Trinajstić information content (AvgIpc) is 2.38. The van der Waals surface area contributed by atoms with Gasteiger partial charge in [-0.25, -0.2) is 4.79 Å². The molecule has 5 nitrogen and oxygen atoms in total. The predicted octanol–water partition coefficient (Wildman–Crippen LogP) is 2.14. The monoisotopic (exact) mass is 282 g/mol. The molecule has 2 rings (SSSR count). The quantitative estimate of drug-likeness (QED) is 0.625. The first kappa shape index (κ1) is 14.0. The lowest BCUT2D eigenvalue weighted by Gasteiger charge is -2.30. The van der Waals surface area contributed by atoms with Crippen LogP contribution in [0.15, 0.2) is 29.6 Å². The highest BCUT2D eigenvalue weighted by Gasteiger charge is 2.46. The number of carbonyl (C=O) groups excluding carboxylic acids is 1. The Labute approximate surface area is 112 Å². The molecule has 19 heavy (non-hydrogen) atoms. The number of fused-ring (bicyclic) bond motifs is 1. The Balaban J connectivity index is 2.44. The van der Waals surface area contributed by atoms with Crippen molar-refractivity contribution in [3.05, 3.63) is 35.1 Å². The molecule has 1 aliphatic heterocycles. The Hall–Kier alpha value is -1.42. The van der Waals surface area contributed by atoms with Crippen LogP contribution in [0.25, 0.3) is 6.08 Å². The first-order valence-corrected chi connectivity index (χ1v) is 7.57. The van der Waals surface area contributed by atoms with Crippen molar-refractivity contribution in [3.63, 3.8) is 0 Å². The lowest BCUT2D eigenvalue weighted by atomic mass is 10.2. The highest BCUT2D eigenvalue weighted by atomic mass is 31.2. The normalized spacial score (nSPS) is 21.1. The third-order valence-electron chi connectivity index (χ3n) is 2.51. The van der Waals surface area contributed by atoms with Crippen LogP contribution in [0.5, 0.6) is 5.75 Å². The summed E-state index contributed by atoms with van der Waals surface area (Å²) in [5, 5.41) is -0.0603. The van der Waals surface area contributed by atoms with E-state index < -0.39 is 13.9 Å². The second-order valence-corrected chi connectivity index (χ2v) is 5.71. The van der Waals surface area contributed by atoms with E-state index in [1.165, 1.54) is 6.08 Å². The van der Waals surface area contributed by atoms with Crippen LogP contribution in [0, 0.1) is 0 Å². The molecule has 0 aromatic heterocycles. The molecule has 0 fully saturated rings. The highest BCUT2D eigenvalue weighted by Crippen LogP contribution is 2.63. The van der Waals surface area contributed by atoms with Gasteiger partial charge in [0.05, 0.1) is 13.2 Å². The van der Waals surface area contributed by atoms with Gasteiger partial charge in [-0.2, -0.15) is 4.52 Å². The van der Waals surface area contributed by atoms with Crippen molar-refractivity contribution in [3.8, 4) is 5.75 Å². The van der Waals surface area contributed by atoms with Crippen LogP contribution in [-0.4, -0.2) is 19.2 Å². The van der Waals surface area contributed by atoms with E-state index in [-0.39, 0.29) is 18.5 Å². The molecule has 0 radical (unpaired) electrons. The van der Waals surface area contributed by atoms with Crippen molar-refractivity contribution in [2.75, 3.05) is 13.2 Å². The Morgan fingerprint density at radius 1 is 1.32 bits per heavy atom. The number of esters is 1. The minimum atomic E-state index is -3.66. The highest BCUT2D eigenvalue weighted by molar-refractivity contribution is 7.65. The molecule has 6 heteroatoms. The molecule has 0 saturated heterocycles. The molecule has 102 valence electrons. The maximum Gasteiger partial charge on any atom is 0.379 e. The molecule has 0 N–H and O–H groups in total. The van der Waals surface area contributed by atoms with Crippen LogP contribution in [0.1, 0.15) is 19.4 Å². The van der Waals surface area contributed by atoms with Crippen LogP contribution >= 0.6 is 7.94 Å². The fourth-order valence-corrected chi connectivity index (χ4v) is 3.37. The number of benzene rings is 1. The van der Waals surface area contributed by atoms with Crippen molar-refractivity contribution in [2.45, 2.75) is 13.8 Å². The molecule has 1 unspecified atom stereocenters. The first-order chi connectivity index (χ1) is 9.10. The fraction of sp³-hybridized carbons (Fsp3) is 0.308. The summed E-state index contributed by atoms with van der Waals surface area (Å²) in [6.07, 6.45) is 1.51. The van der Waals surface area contributed by atoms with Gasteiger partial charge in [0.2, 0.25) is 5.31 Å². The van der Waals surface area contributed by atoms with Crippen LogP contribution in [0.4, 0.5) is 0 Å². The van der Waals surface area contributed by atoms with Gasteiger partial charge in [0.15, 0.2) is 5.75 Å². The summed E-state index contributed by atoms with van der Waals surface area (Å²) in [6.45, 7) is 3.74.